The van der Waals surface area contributed by atoms with Gasteiger partial charge in [-0.3, -0.25) is 9.79 Å². The first-order chi connectivity index (χ1) is 12.4. The van der Waals surface area contributed by atoms with Gasteiger partial charge in [0.05, 0.1) is 6.61 Å². The number of alkyl carbamates (subject to hydrolysis) is 1. The highest BCUT2D eigenvalue weighted by Gasteiger charge is 2.26. The maximum atomic E-state index is 11.8. The van der Waals surface area contributed by atoms with Crippen molar-refractivity contribution in [1.29, 1.82) is 0 Å². The van der Waals surface area contributed by atoms with Crippen molar-refractivity contribution in [3.05, 3.63) is 0 Å². The molecular formula is C18H36IN5O3. The number of carbonyl (C=O) groups is 2. The Morgan fingerprint density at radius 2 is 2.00 bits per heavy atom. The van der Waals surface area contributed by atoms with Crippen molar-refractivity contribution in [3.8, 4) is 0 Å². The SMILES string of the molecule is CCOC(=O)NC(CNC(=NC)NC1CCN(C(=O)CC)C1)CC(C)C.I. The van der Waals surface area contributed by atoms with Gasteiger partial charge < -0.3 is 25.6 Å². The molecule has 2 unspecified atom stereocenters. The molecule has 1 aliphatic heterocycles. The lowest BCUT2D eigenvalue weighted by molar-refractivity contribution is -0.129. The Bertz CT molecular complexity index is 488. The minimum Gasteiger partial charge on any atom is -0.450 e. The molecule has 1 aliphatic rings. The van der Waals surface area contributed by atoms with E-state index in [1.807, 2.05) is 11.8 Å². The highest BCUT2D eigenvalue weighted by molar-refractivity contribution is 14.0. The molecule has 1 rings (SSSR count). The number of aliphatic imine (C=N–C) groups is 1. The summed E-state index contributed by atoms with van der Waals surface area (Å²) >= 11 is 0. The highest BCUT2D eigenvalue weighted by atomic mass is 127. The highest BCUT2D eigenvalue weighted by Crippen LogP contribution is 2.10. The number of nitrogens with zero attached hydrogens (tertiary/aromatic N) is 2. The largest absolute Gasteiger partial charge is 0.450 e. The Kier molecular flexibility index (Phi) is 13.2. The standard InChI is InChI=1S/C18H35N5O3.HI/c1-6-16(24)23-9-8-14(12-23)21-17(19-5)20-11-15(10-13(3)4)22-18(25)26-7-2;/h13-15H,6-12H2,1-5H3,(H,22,25)(H2,19,20,21);1H. The lowest BCUT2D eigenvalue weighted by Gasteiger charge is -2.23. The molecule has 8 nitrogen and oxygen atoms in total. The lowest BCUT2D eigenvalue weighted by atomic mass is 10.0. The van der Waals surface area contributed by atoms with Gasteiger partial charge in [-0.1, -0.05) is 20.8 Å². The predicted molar refractivity (Wildman–Crippen MR) is 119 cm³/mol. The molecule has 27 heavy (non-hydrogen) atoms. The van der Waals surface area contributed by atoms with E-state index < -0.39 is 6.09 Å². The molecule has 0 aromatic carbocycles. The third-order valence-electron chi connectivity index (χ3n) is 4.28. The van der Waals surface area contributed by atoms with Gasteiger partial charge in [0.2, 0.25) is 5.91 Å². The average Bonchev–Trinajstić information content (AvgIpc) is 3.05. The van der Waals surface area contributed by atoms with Gasteiger partial charge in [-0.05, 0) is 25.7 Å². The number of hydrogen-bond donors (Lipinski definition) is 3. The third-order valence-corrected chi connectivity index (χ3v) is 4.28. The van der Waals surface area contributed by atoms with Crippen molar-refractivity contribution in [2.45, 2.75) is 59.0 Å². The van der Waals surface area contributed by atoms with Crippen LogP contribution in [0, 0.1) is 5.92 Å². The summed E-state index contributed by atoms with van der Waals surface area (Å²) < 4.78 is 4.98. The molecule has 1 saturated heterocycles. The first-order valence-electron chi connectivity index (χ1n) is 9.57. The number of carbonyl (C=O) groups excluding carboxylic acids is 2. The molecule has 0 saturated carbocycles. The number of ether oxygens (including phenoxy) is 1. The Morgan fingerprint density at radius 3 is 2.56 bits per heavy atom. The topological polar surface area (TPSA) is 95.1 Å². The molecule has 2 atom stereocenters. The van der Waals surface area contributed by atoms with Crippen LogP contribution >= 0.6 is 24.0 Å². The van der Waals surface area contributed by atoms with Crippen LogP contribution in [0.1, 0.15) is 47.0 Å². The van der Waals surface area contributed by atoms with Crippen molar-refractivity contribution >= 4 is 41.9 Å². The molecule has 2 amide bonds. The fraction of sp³-hybridized carbons (Fsp3) is 0.833. The molecular weight excluding hydrogens is 461 g/mol. The number of amides is 2. The smallest absolute Gasteiger partial charge is 0.407 e. The molecule has 1 fully saturated rings. The van der Waals surface area contributed by atoms with Crippen molar-refractivity contribution in [3.63, 3.8) is 0 Å². The maximum absolute atomic E-state index is 11.8. The molecule has 0 bridgehead atoms. The van der Waals surface area contributed by atoms with Gasteiger partial charge in [0.25, 0.3) is 0 Å². The van der Waals surface area contributed by atoms with Gasteiger partial charge in [0, 0.05) is 45.2 Å². The minimum atomic E-state index is -0.396. The van der Waals surface area contributed by atoms with Gasteiger partial charge in [0.1, 0.15) is 0 Å². The summed E-state index contributed by atoms with van der Waals surface area (Å²) in [7, 11) is 1.72. The van der Waals surface area contributed by atoms with E-state index in [2.05, 4.69) is 34.8 Å². The number of likely N-dealkylation sites (tertiary alicyclic amines) is 1. The summed E-state index contributed by atoms with van der Waals surface area (Å²) in [5, 5.41) is 9.53. The zero-order valence-electron chi connectivity index (χ0n) is 17.2. The van der Waals surface area contributed by atoms with E-state index in [-0.39, 0.29) is 42.0 Å². The van der Waals surface area contributed by atoms with Gasteiger partial charge in [0.15, 0.2) is 5.96 Å². The van der Waals surface area contributed by atoms with E-state index >= 15 is 0 Å². The first kappa shape index (κ1) is 25.7. The Hall–Kier alpha value is -1.26. The predicted octanol–water partition coefficient (Wildman–Crippen LogP) is 1.94. The first-order valence-corrected chi connectivity index (χ1v) is 9.57. The van der Waals surface area contributed by atoms with Crippen LogP contribution in [-0.4, -0.2) is 68.2 Å². The van der Waals surface area contributed by atoms with Gasteiger partial charge >= 0.3 is 6.09 Å². The number of hydrogen-bond acceptors (Lipinski definition) is 4. The summed E-state index contributed by atoms with van der Waals surface area (Å²) in [4.78, 5) is 29.6. The second-order valence-electron chi connectivity index (χ2n) is 6.97. The fourth-order valence-corrected chi connectivity index (χ4v) is 3.04. The Labute approximate surface area is 180 Å². The summed E-state index contributed by atoms with van der Waals surface area (Å²) in [6, 6.07) is 0.146. The molecule has 1 heterocycles. The van der Waals surface area contributed by atoms with Crippen LogP contribution in [-0.2, 0) is 9.53 Å². The molecule has 0 spiro atoms. The third kappa shape index (κ3) is 10.0. The molecule has 3 N–H and O–H groups in total. The van der Waals surface area contributed by atoms with Crippen molar-refractivity contribution in [2.24, 2.45) is 10.9 Å². The average molecular weight is 497 g/mol. The van der Waals surface area contributed by atoms with Gasteiger partial charge in [-0.15, -0.1) is 24.0 Å². The van der Waals surface area contributed by atoms with Crippen LogP contribution in [0.25, 0.3) is 0 Å². The van der Waals surface area contributed by atoms with Crippen molar-refractivity contribution in [1.82, 2.24) is 20.9 Å². The summed E-state index contributed by atoms with van der Waals surface area (Å²) in [5.74, 6) is 1.32. The van der Waals surface area contributed by atoms with Crippen LogP contribution < -0.4 is 16.0 Å². The summed E-state index contributed by atoms with van der Waals surface area (Å²) in [6.07, 6.45) is 1.89. The summed E-state index contributed by atoms with van der Waals surface area (Å²) in [6.45, 7) is 10.3. The molecule has 9 heteroatoms. The van der Waals surface area contributed by atoms with Crippen molar-refractivity contribution in [2.75, 3.05) is 33.3 Å². The van der Waals surface area contributed by atoms with Crippen LogP contribution in [0.4, 0.5) is 4.79 Å². The van der Waals surface area contributed by atoms with Crippen LogP contribution in [0.15, 0.2) is 4.99 Å². The number of rotatable bonds is 8. The normalized spacial score (nSPS) is 17.9. The van der Waals surface area contributed by atoms with E-state index in [1.54, 1.807) is 14.0 Å². The van der Waals surface area contributed by atoms with E-state index in [4.69, 9.17) is 4.74 Å². The molecule has 0 aromatic rings. The maximum Gasteiger partial charge on any atom is 0.407 e. The second kappa shape index (κ2) is 13.8. The Balaban J connectivity index is 0.00000676. The van der Waals surface area contributed by atoms with Crippen LogP contribution in [0.5, 0.6) is 0 Å². The van der Waals surface area contributed by atoms with Crippen LogP contribution in [0.2, 0.25) is 0 Å². The molecule has 0 aliphatic carbocycles. The molecule has 158 valence electrons. The fourth-order valence-electron chi connectivity index (χ4n) is 3.04. The second-order valence-corrected chi connectivity index (χ2v) is 6.97. The minimum absolute atomic E-state index is 0. The molecule has 0 aromatic heterocycles. The molecule has 0 radical (unpaired) electrons. The van der Waals surface area contributed by atoms with Gasteiger partial charge in [-0.2, -0.15) is 0 Å². The Morgan fingerprint density at radius 1 is 1.30 bits per heavy atom. The van der Waals surface area contributed by atoms with E-state index in [0.29, 0.717) is 38.0 Å². The summed E-state index contributed by atoms with van der Waals surface area (Å²) in [5.41, 5.74) is 0. The lowest BCUT2D eigenvalue weighted by Crippen LogP contribution is -2.50. The van der Waals surface area contributed by atoms with E-state index in [1.165, 1.54) is 0 Å². The van der Waals surface area contributed by atoms with Crippen LogP contribution in [0.3, 0.4) is 0 Å². The van der Waals surface area contributed by atoms with Gasteiger partial charge in [-0.25, -0.2) is 4.79 Å². The number of nitrogens with one attached hydrogen (secondary N) is 3. The zero-order valence-corrected chi connectivity index (χ0v) is 19.5. The van der Waals surface area contributed by atoms with E-state index in [0.717, 1.165) is 19.4 Å². The quantitative estimate of drug-likeness (QED) is 0.271. The van der Waals surface area contributed by atoms with Crippen molar-refractivity contribution < 1.29 is 14.3 Å². The monoisotopic (exact) mass is 497 g/mol. The zero-order chi connectivity index (χ0) is 19.5. The number of guanidine groups is 1. The van der Waals surface area contributed by atoms with E-state index in [9.17, 15) is 9.59 Å². The number of halogens is 1.